The van der Waals surface area contributed by atoms with Gasteiger partial charge >= 0.3 is 12.1 Å². The van der Waals surface area contributed by atoms with E-state index in [1.807, 2.05) is 18.2 Å². The van der Waals surface area contributed by atoms with Gasteiger partial charge in [0.25, 0.3) is 0 Å². The Morgan fingerprint density at radius 2 is 1.61 bits per heavy atom. The van der Waals surface area contributed by atoms with E-state index in [4.69, 9.17) is 4.74 Å². The zero-order valence-corrected chi connectivity index (χ0v) is 15.5. The summed E-state index contributed by atoms with van der Waals surface area (Å²) in [7, 11) is 0. The van der Waals surface area contributed by atoms with Gasteiger partial charge in [-0.15, -0.1) is 6.58 Å². The largest absolute Gasteiger partial charge is 0.423 e. The third-order valence-electron chi connectivity index (χ3n) is 5.36. The molecule has 2 nitrogen and oxygen atoms in total. The molecule has 0 N–H and O–H groups in total. The number of hydrogen-bond acceptors (Lipinski definition) is 2. The van der Waals surface area contributed by atoms with Gasteiger partial charge in [-0.3, -0.25) is 0 Å². The van der Waals surface area contributed by atoms with Crippen LogP contribution in [0.25, 0.3) is 0 Å². The summed E-state index contributed by atoms with van der Waals surface area (Å²) in [6, 6.07) is 11.4. The van der Waals surface area contributed by atoms with Gasteiger partial charge in [-0.05, 0) is 85.9 Å². The number of benzene rings is 2. The second-order valence-corrected chi connectivity index (χ2v) is 7.28. The van der Waals surface area contributed by atoms with E-state index in [-0.39, 0.29) is 5.56 Å². The van der Waals surface area contributed by atoms with Gasteiger partial charge in [0.2, 0.25) is 0 Å². The Kier molecular flexibility index (Phi) is 6.22. The standard InChI is InChI=1S/C23H23F3O2/c1-2-3-16-4-6-17(7-5-16)18-10-14-21(15-11-18)28-22(27)19-8-12-20(13-9-19)23(24,25)26/h2,8-17H,1,3-7H2. The van der Waals surface area contributed by atoms with Gasteiger partial charge in [-0.1, -0.05) is 18.2 Å². The van der Waals surface area contributed by atoms with Crippen LogP contribution in [0.2, 0.25) is 0 Å². The summed E-state index contributed by atoms with van der Waals surface area (Å²) < 4.78 is 43.1. The molecule has 0 heterocycles. The van der Waals surface area contributed by atoms with Crippen molar-refractivity contribution in [2.45, 2.75) is 44.2 Å². The van der Waals surface area contributed by atoms with Gasteiger partial charge in [0, 0.05) is 0 Å². The van der Waals surface area contributed by atoms with E-state index in [1.165, 1.54) is 18.4 Å². The average molecular weight is 388 g/mol. The lowest BCUT2D eigenvalue weighted by Crippen LogP contribution is -2.13. The Labute approximate surface area is 163 Å². The molecule has 1 aliphatic carbocycles. The van der Waals surface area contributed by atoms with Crippen LogP contribution in [0.3, 0.4) is 0 Å². The van der Waals surface area contributed by atoms with E-state index >= 15 is 0 Å². The highest BCUT2D eigenvalue weighted by Gasteiger charge is 2.30. The fraction of sp³-hybridized carbons (Fsp3) is 0.348. The van der Waals surface area contributed by atoms with Crippen molar-refractivity contribution in [3.8, 4) is 5.75 Å². The molecule has 0 unspecified atom stereocenters. The smallest absolute Gasteiger partial charge is 0.416 e. The van der Waals surface area contributed by atoms with Crippen LogP contribution in [-0.4, -0.2) is 5.97 Å². The molecule has 2 aromatic rings. The van der Waals surface area contributed by atoms with E-state index in [1.54, 1.807) is 12.1 Å². The Morgan fingerprint density at radius 1 is 1.00 bits per heavy atom. The number of esters is 1. The molecule has 5 heteroatoms. The van der Waals surface area contributed by atoms with E-state index in [0.717, 1.165) is 49.4 Å². The van der Waals surface area contributed by atoms with Crippen LogP contribution in [-0.2, 0) is 6.18 Å². The highest BCUT2D eigenvalue weighted by atomic mass is 19.4. The lowest BCUT2D eigenvalue weighted by Gasteiger charge is -2.28. The molecule has 0 atom stereocenters. The third kappa shape index (κ3) is 5.03. The molecule has 0 spiro atoms. The van der Waals surface area contributed by atoms with Crippen molar-refractivity contribution in [3.63, 3.8) is 0 Å². The second-order valence-electron chi connectivity index (χ2n) is 7.28. The van der Waals surface area contributed by atoms with Crippen molar-refractivity contribution in [1.82, 2.24) is 0 Å². The van der Waals surface area contributed by atoms with Crippen molar-refractivity contribution in [2.24, 2.45) is 5.92 Å². The number of ether oxygens (including phenoxy) is 1. The van der Waals surface area contributed by atoms with Gasteiger partial charge in [0.15, 0.2) is 0 Å². The summed E-state index contributed by atoms with van der Waals surface area (Å²) in [6.07, 6.45) is 3.31. The van der Waals surface area contributed by atoms with Crippen molar-refractivity contribution >= 4 is 5.97 Å². The number of halogens is 3. The maximum atomic E-state index is 12.6. The maximum absolute atomic E-state index is 12.6. The fourth-order valence-electron chi connectivity index (χ4n) is 3.74. The molecule has 0 aromatic heterocycles. The van der Waals surface area contributed by atoms with Crippen LogP contribution >= 0.6 is 0 Å². The number of carbonyl (C=O) groups excluding carboxylic acids is 1. The molecular weight excluding hydrogens is 365 g/mol. The van der Waals surface area contributed by atoms with E-state index in [2.05, 4.69) is 6.58 Å². The first kappa shape index (κ1) is 20.2. The fourth-order valence-corrected chi connectivity index (χ4v) is 3.74. The van der Waals surface area contributed by atoms with E-state index in [9.17, 15) is 18.0 Å². The normalized spacial score (nSPS) is 19.8. The van der Waals surface area contributed by atoms with Gasteiger partial charge in [-0.25, -0.2) is 4.79 Å². The predicted molar refractivity (Wildman–Crippen MR) is 102 cm³/mol. The molecule has 148 valence electrons. The molecule has 1 saturated carbocycles. The quantitative estimate of drug-likeness (QED) is 0.321. The highest BCUT2D eigenvalue weighted by Crippen LogP contribution is 2.37. The summed E-state index contributed by atoms with van der Waals surface area (Å²) in [5.74, 6) is 0.957. The van der Waals surface area contributed by atoms with Gasteiger partial charge < -0.3 is 4.74 Å². The molecule has 1 aliphatic rings. The Balaban J connectivity index is 1.58. The van der Waals surface area contributed by atoms with Crippen LogP contribution in [0.1, 0.15) is 59.5 Å². The minimum absolute atomic E-state index is 0.0811. The van der Waals surface area contributed by atoms with Crippen molar-refractivity contribution < 1.29 is 22.7 Å². The summed E-state index contributed by atoms with van der Waals surface area (Å²) in [6.45, 7) is 3.81. The minimum atomic E-state index is -4.43. The van der Waals surface area contributed by atoms with Crippen LogP contribution in [0, 0.1) is 5.92 Å². The molecule has 2 aromatic carbocycles. The predicted octanol–water partition coefficient (Wildman–Crippen LogP) is 6.77. The SMILES string of the molecule is C=CCC1CCC(c2ccc(OC(=O)c3ccc(C(F)(F)F)cc3)cc2)CC1. The lowest BCUT2D eigenvalue weighted by molar-refractivity contribution is -0.137. The summed E-state index contributed by atoms with van der Waals surface area (Å²) in [5.41, 5.74) is 0.514. The lowest BCUT2D eigenvalue weighted by atomic mass is 9.77. The zero-order chi connectivity index (χ0) is 20.1. The molecule has 0 bridgehead atoms. The van der Waals surface area contributed by atoms with Gasteiger partial charge in [-0.2, -0.15) is 13.2 Å². The first-order chi connectivity index (χ1) is 13.4. The Morgan fingerprint density at radius 3 is 2.14 bits per heavy atom. The molecule has 0 radical (unpaired) electrons. The molecule has 3 rings (SSSR count). The van der Waals surface area contributed by atoms with Crippen LogP contribution in [0.15, 0.2) is 61.2 Å². The van der Waals surface area contributed by atoms with Gasteiger partial charge in [0.05, 0.1) is 11.1 Å². The number of hydrogen-bond donors (Lipinski definition) is 0. The number of carbonyl (C=O) groups is 1. The topological polar surface area (TPSA) is 26.3 Å². The van der Waals surface area contributed by atoms with Crippen molar-refractivity contribution in [3.05, 3.63) is 77.9 Å². The highest BCUT2D eigenvalue weighted by molar-refractivity contribution is 5.91. The average Bonchev–Trinajstić information content (AvgIpc) is 2.69. The number of rotatable bonds is 5. The van der Waals surface area contributed by atoms with E-state index < -0.39 is 17.7 Å². The molecular formula is C23H23F3O2. The maximum Gasteiger partial charge on any atom is 0.416 e. The van der Waals surface area contributed by atoms with E-state index in [0.29, 0.717) is 11.7 Å². The summed E-state index contributed by atoms with van der Waals surface area (Å²) in [5, 5.41) is 0. The Bertz CT molecular complexity index is 799. The Hall–Kier alpha value is -2.56. The van der Waals surface area contributed by atoms with Crippen LogP contribution in [0.4, 0.5) is 13.2 Å². The molecule has 1 fully saturated rings. The molecule has 0 amide bonds. The van der Waals surface area contributed by atoms with Crippen molar-refractivity contribution in [2.75, 3.05) is 0 Å². The second kappa shape index (κ2) is 8.63. The monoisotopic (exact) mass is 388 g/mol. The molecule has 28 heavy (non-hydrogen) atoms. The van der Waals surface area contributed by atoms with Crippen LogP contribution in [0.5, 0.6) is 5.75 Å². The van der Waals surface area contributed by atoms with Crippen molar-refractivity contribution in [1.29, 1.82) is 0 Å². The number of allylic oxidation sites excluding steroid dienone is 1. The molecule has 0 aliphatic heterocycles. The first-order valence-electron chi connectivity index (χ1n) is 9.47. The summed E-state index contributed by atoms with van der Waals surface area (Å²) in [4.78, 5) is 12.1. The molecule has 0 saturated heterocycles. The van der Waals surface area contributed by atoms with Crippen LogP contribution < -0.4 is 4.74 Å². The summed E-state index contributed by atoms with van der Waals surface area (Å²) >= 11 is 0. The first-order valence-corrected chi connectivity index (χ1v) is 9.47. The third-order valence-corrected chi connectivity index (χ3v) is 5.36. The zero-order valence-electron chi connectivity index (χ0n) is 15.5. The number of alkyl halides is 3. The van der Waals surface area contributed by atoms with Gasteiger partial charge in [0.1, 0.15) is 5.75 Å². The minimum Gasteiger partial charge on any atom is -0.423 e.